The molecular weight excluding hydrogens is 306 g/mol. The monoisotopic (exact) mass is 342 g/mol. The maximum Gasteiger partial charge on any atom is 0.307 e. The number of hydrogen-bond donors (Lipinski definition) is 1. The number of carbonyl (C=O) groups is 2. The van der Waals surface area contributed by atoms with Crippen LogP contribution in [0.4, 0.5) is 0 Å². The smallest absolute Gasteiger partial charge is 0.307 e. The zero-order chi connectivity index (χ0) is 18.0. The summed E-state index contributed by atoms with van der Waals surface area (Å²) in [6.45, 7) is 2.24. The molecule has 0 aliphatic heterocycles. The second-order valence-corrected chi connectivity index (χ2v) is 6.58. The van der Waals surface area contributed by atoms with Crippen LogP contribution >= 0.6 is 0 Å². The molecule has 0 saturated heterocycles. The Kier molecular flexibility index (Phi) is 16.0. The van der Waals surface area contributed by atoms with Crippen LogP contribution in [0.15, 0.2) is 0 Å². The van der Waals surface area contributed by atoms with E-state index in [1.165, 1.54) is 51.4 Å². The highest BCUT2D eigenvalue weighted by Gasteiger charge is 2.09. The van der Waals surface area contributed by atoms with E-state index in [1.807, 2.05) is 0 Å². The van der Waals surface area contributed by atoms with Crippen molar-refractivity contribution in [3.63, 3.8) is 0 Å². The summed E-state index contributed by atoms with van der Waals surface area (Å²) < 4.78 is 5.12. The summed E-state index contributed by atoms with van der Waals surface area (Å²) in [6.07, 6.45) is 13.9. The Labute approximate surface area is 147 Å². The van der Waals surface area contributed by atoms with Crippen LogP contribution in [-0.4, -0.2) is 18.2 Å². The highest BCUT2D eigenvalue weighted by atomic mass is 16.6. The maximum absolute atomic E-state index is 11.5. The number of hydrogen-bond acceptors (Lipinski definition) is 5. The summed E-state index contributed by atoms with van der Waals surface area (Å²) in [5, 5.41) is 10.2. The molecule has 0 aliphatic carbocycles. The SMILES string of the molecule is CCCCCCCCCCCCC(N)OC(=O)CCCCC(=O)[O-]. The fourth-order valence-corrected chi connectivity index (χ4v) is 2.66. The molecule has 0 saturated carbocycles. The molecule has 2 N–H and O–H groups in total. The molecule has 0 spiro atoms. The van der Waals surface area contributed by atoms with Gasteiger partial charge in [-0.15, -0.1) is 0 Å². The first-order valence-corrected chi connectivity index (χ1v) is 9.71. The lowest BCUT2D eigenvalue weighted by molar-refractivity contribution is -0.305. The van der Waals surface area contributed by atoms with Gasteiger partial charge >= 0.3 is 5.97 Å². The van der Waals surface area contributed by atoms with Gasteiger partial charge in [-0.25, -0.2) is 0 Å². The maximum atomic E-state index is 11.5. The molecule has 0 aromatic carbocycles. The Balaban J connectivity index is 3.35. The second-order valence-electron chi connectivity index (χ2n) is 6.58. The van der Waals surface area contributed by atoms with E-state index < -0.39 is 12.2 Å². The molecule has 24 heavy (non-hydrogen) atoms. The van der Waals surface area contributed by atoms with Gasteiger partial charge < -0.3 is 14.6 Å². The summed E-state index contributed by atoms with van der Waals surface area (Å²) >= 11 is 0. The average Bonchev–Trinajstić information content (AvgIpc) is 2.53. The lowest BCUT2D eigenvalue weighted by Crippen LogP contribution is -2.27. The minimum absolute atomic E-state index is 0.0159. The van der Waals surface area contributed by atoms with Gasteiger partial charge in [-0.05, 0) is 32.1 Å². The molecular formula is C19H36NO4-. The van der Waals surface area contributed by atoms with Gasteiger partial charge in [0.15, 0.2) is 6.23 Å². The molecule has 1 atom stereocenters. The topological polar surface area (TPSA) is 92.5 Å². The van der Waals surface area contributed by atoms with Crippen LogP contribution < -0.4 is 10.8 Å². The van der Waals surface area contributed by atoms with E-state index in [4.69, 9.17) is 10.5 Å². The fourth-order valence-electron chi connectivity index (χ4n) is 2.66. The summed E-state index contributed by atoms with van der Waals surface area (Å²) in [5.41, 5.74) is 5.79. The highest BCUT2D eigenvalue weighted by molar-refractivity contribution is 5.69. The van der Waals surface area contributed by atoms with Gasteiger partial charge in [-0.2, -0.15) is 0 Å². The van der Waals surface area contributed by atoms with E-state index >= 15 is 0 Å². The Morgan fingerprint density at radius 2 is 1.33 bits per heavy atom. The highest BCUT2D eigenvalue weighted by Crippen LogP contribution is 2.12. The average molecular weight is 343 g/mol. The molecule has 142 valence electrons. The third-order valence-electron chi connectivity index (χ3n) is 4.14. The van der Waals surface area contributed by atoms with Crippen molar-refractivity contribution in [1.29, 1.82) is 0 Å². The Bertz CT molecular complexity index is 320. The van der Waals surface area contributed by atoms with Gasteiger partial charge in [0.05, 0.1) is 0 Å². The number of carbonyl (C=O) groups excluding carboxylic acids is 2. The predicted octanol–water partition coefficient (Wildman–Crippen LogP) is 3.44. The summed E-state index contributed by atoms with van der Waals surface area (Å²) in [4.78, 5) is 21.8. The van der Waals surface area contributed by atoms with Gasteiger partial charge in [-0.1, -0.05) is 64.7 Å². The van der Waals surface area contributed by atoms with Crippen molar-refractivity contribution in [3.05, 3.63) is 0 Å². The van der Waals surface area contributed by atoms with E-state index in [0.29, 0.717) is 19.3 Å². The van der Waals surface area contributed by atoms with Gasteiger partial charge in [0.1, 0.15) is 0 Å². The number of esters is 1. The van der Waals surface area contributed by atoms with Crippen LogP contribution in [0.5, 0.6) is 0 Å². The molecule has 0 aliphatic rings. The fraction of sp³-hybridized carbons (Fsp3) is 0.895. The van der Waals surface area contributed by atoms with Crippen LogP contribution in [0.1, 0.15) is 103 Å². The van der Waals surface area contributed by atoms with Crippen LogP contribution in [0.2, 0.25) is 0 Å². The number of rotatable bonds is 17. The summed E-state index contributed by atoms with van der Waals surface area (Å²) in [6, 6.07) is 0. The number of carboxylic acid groups (broad SMARTS) is 1. The molecule has 0 fully saturated rings. The minimum atomic E-state index is -1.08. The molecule has 0 aromatic rings. The van der Waals surface area contributed by atoms with E-state index in [9.17, 15) is 14.7 Å². The molecule has 0 rings (SSSR count). The third-order valence-corrected chi connectivity index (χ3v) is 4.14. The lowest BCUT2D eigenvalue weighted by Gasteiger charge is -2.13. The quantitative estimate of drug-likeness (QED) is 0.248. The van der Waals surface area contributed by atoms with Crippen LogP contribution in [0.3, 0.4) is 0 Å². The normalized spacial score (nSPS) is 12.1. The minimum Gasteiger partial charge on any atom is -0.550 e. The van der Waals surface area contributed by atoms with Gasteiger partial charge in [0.2, 0.25) is 0 Å². The molecule has 0 heterocycles. The number of unbranched alkanes of at least 4 members (excludes halogenated alkanes) is 10. The van der Waals surface area contributed by atoms with Crippen LogP contribution in [-0.2, 0) is 14.3 Å². The van der Waals surface area contributed by atoms with Gasteiger partial charge in [0, 0.05) is 12.4 Å². The Morgan fingerprint density at radius 3 is 1.88 bits per heavy atom. The third kappa shape index (κ3) is 17.3. The molecule has 0 amide bonds. The zero-order valence-electron chi connectivity index (χ0n) is 15.4. The first-order valence-electron chi connectivity index (χ1n) is 9.71. The molecule has 1 unspecified atom stereocenters. The summed E-state index contributed by atoms with van der Waals surface area (Å²) in [7, 11) is 0. The van der Waals surface area contributed by atoms with Gasteiger partial charge in [0.25, 0.3) is 0 Å². The second kappa shape index (κ2) is 16.7. The number of carboxylic acids is 1. The van der Waals surface area contributed by atoms with E-state index in [1.54, 1.807) is 0 Å². The zero-order valence-corrected chi connectivity index (χ0v) is 15.4. The van der Waals surface area contributed by atoms with Crippen molar-refractivity contribution >= 4 is 11.9 Å². The largest absolute Gasteiger partial charge is 0.550 e. The van der Waals surface area contributed by atoms with Crippen molar-refractivity contribution in [2.24, 2.45) is 5.73 Å². The van der Waals surface area contributed by atoms with E-state index in [-0.39, 0.29) is 18.8 Å². The molecule has 0 radical (unpaired) electrons. The van der Waals surface area contributed by atoms with Crippen molar-refractivity contribution in [2.45, 2.75) is 109 Å². The van der Waals surface area contributed by atoms with E-state index in [0.717, 1.165) is 12.8 Å². The van der Waals surface area contributed by atoms with Crippen molar-refractivity contribution in [1.82, 2.24) is 0 Å². The first kappa shape index (κ1) is 22.9. The number of aliphatic carboxylic acids is 1. The van der Waals surface area contributed by atoms with Gasteiger partial charge in [-0.3, -0.25) is 10.5 Å². The molecule has 5 heteroatoms. The first-order chi connectivity index (χ1) is 11.6. The standard InChI is InChI=1S/C19H37NO4/c1-2-3-4-5-6-7-8-9-10-11-14-17(20)24-19(23)16-13-12-15-18(21)22/h17H,2-16,20H2,1H3,(H,21,22)/p-1. The van der Waals surface area contributed by atoms with E-state index in [2.05, 4.69) is 6.92 Å². The molecule has 0 aromatic heterocycles. The molecule has 5 nitrogen and oxygen atoms in total. The van der Waals surface area contributed by atoms with Crippen LogP contribution in [0.25, 0.3) is 0 Å². The van der Waals surface area contributed by atoms with Crippen LogP contribution in [0, 0.1) is 0 Å². The van der Waals surface area contributed by atoms with Crippen molar-refractivity contribution in [2.75, 3.05) is 0 Å². The Hall–Kier alpha value is -1.10. The summed E-state index contributed by atoms with van der Waals surface area (Å²) in [5.74, 6) is -1.42. The van der Waals surface area contributed by atoms with Crippen molar-refractivity contribution < 1.29 is 19.4 Å². The predicted molar refractivity (Wildman–Crippen MR) is 94.0 cm³/mol. The number of nitrogens with two attached hydrogens (primary N) is 1. The Morgan fingerprint density at radius 1 is 0.833 bits per heavy atom. The van der Waals surface area contributed by atoms with Crippen molar-refractivity contribution in [3.8, 4) is 0 Å². The lowest BCUT2D eigenvalue weighted by atomic mass is 10.1. The molecule has 0 bridgehead atoms. The number of ether oxygens (including phenoxy) is 1.